The molecule has 0 bridgehead atoms. The van der Waals surface area contributed by atoms with E-state index in [9.17, 15) is 14.4 Å². The van der Waals surface area contributed by atoms with E-state index in [1.807, 2.05) is 37.3 Å². The van der Waals surface area contributed by atoms with Crippen molar-refractivity contribution in [2.75, 3.05) is 4.90 Å². The second-order valence-corrected chi connectivity index (χ2v) is 8.49. The number of nitrogens with one attached hydrogen (secondary N) is 1. The first-order valence-electron chi connectivity index (χ1n) is 9.87. The number of rotatable bonds is 5. The van der Waals surface area contributed by atoms with Crippen molar-refractivity contribution in [3.05, 3.63) is 98.6 Å². The van der Waals surface area contributed by atoms with Crippen molar-refractivity contribution in [3.63, 3.8) is 0 Å². The van der Waals surface area contributed by atoms with Gasteiger partial charge in [-0.05, 0) is 71.5 Å². The summed E-state index contributed by atoms with van der Waals surface area (Å²) in [5.74, 6) is -0.899. The Labute approximate surface area is 199 Å². The molecular weight excluding hydrogens is 519 g/mol. The molecule has 4 rings (SSSR count). The first kappa shape index (κ1) is 21.8. The lowest BCUT2D eigenvalue weighted by molar-refractivity contribution is -0.122. The van der Waals surface area contributed by atoms with E-state index in [1.54, 1.807) is 42.5 Å². The van der Waals surface area contributed by atoms with Gasteiger partial charge in [0.1, 0.15) is 17.9 Å². The number of para-hydroxylation sites is 1. The molecule has 3 aromatic carbocycles. The van der Waals surface area contributed by atoms with Crippen LogP contribution in [0.1, 0.15) is 16.7 Å². The molecule has 6 nitrogen and oxygen atoms in total. The van der Waals surface area contributed by atoms with Crippen molar-refractivity contribution in [2.24, 2.45) is 0 Å². The van der Waals surface area contributed by atoms with Gasteiger partial charge in [-0.1, -0.05) is 48.0 Å². The van der Waals surface area contributed by atoms with Gasteiger partial charge >= 0.3 is 6.03 Å². The van der Waals surface area contributed by atoms with Crippen LogP contribution in [0.15, 0.2) is 78.4 Å². The quantitative estimate of drug-likeness (QED) is 0.287. The molecule has 32 heavy (non-hydrogen) atoms. The number of carbonyl (C=O) groups excluding carboxylic acids is 3. The fraction of sp³-hybridized carbons (Fsp3) is 0.0800. The fourth-order valence-corrected chi connectivity index (χ4v) is 3.57. The molecule has 0 spiro atoms. The number of carbonyl (C=O) groups is 3. The average molecular weight is 538 g/mol. The number of benzene rings is 3. The molecule has 0 unspecified atom stereocenters. The Kier molecular flexibility index (Phi) is 6.36. The van der Waals surface area contributed by atoms with Gasteiger partial charge in [0.15, 0.2) is 0 Å². The minimum absolute atomic E-state index is 0.143. The maximum Gasteiger partial charge on any atom is 0.335 e. The number of urea groups is 1. The Morgan fingerprint density at radius 1 is 0.938 bits per heavy atom. The summed E-state index contributed by atoms with van der Waals surface area (Å²) in [6.45, 7) is 2.25. The topological polar surface area (TPSA) is 75.7 Å². The molecule has 3 aromatic rings. The molecule has 1 aliphatic rings. The van der Waals surface area contributed by atoms with E-state index in [0.717, 1.165) is 19.6 Å². The van der Waals surface area contributed by atoms with Crippen LogP contribution >= 0.6 is 22.6 Å². The van der Waals surface area contributed by atoms with Crippen molar-refractivity contribution in [1.29, 1.82) is 0 Å². The lowest BCUT2D eigenvalue weighted by Crippen LogP contribution is -2.54. The third-order valence-electron chi connectivity index (χ3n) is 4.92. The summed E-state index contributed by atoms with van der Waals surface area (Å²) in [6.07, 6.45) is 1.45. The van der Waals surface area contributed by atoms with Crippen LogP contribution in [-0.4, -0.2) is 17.8 Å². The summed E-state index contributed by atoms with van der Waals surface area (Å²) in [6, 6.07) is 21.2. The summed E-state index contributed by atoms with van der Waals surface area (Å²) in [7, 11) is 0. The van der Waals surface area contributed by atoms with E-state index in [1.165, 1.54) is 6.08 Å². The van der Waals surface area contributed by atoms with Crippen LogP contribution in [0, 0.1) is 10.5 Å². The van der Waals surface area contributed by atoms with Crippen molar-refractivity contribution >= 4 is 52.2 Å². The number of hydrogen-bond acceptors (Lipinski definition) is 4. The van der Waals surface area contributed by atoms with E-state index in [0.29, 0.717) is 23.6 Å². The fourth-order valence-electron chi connectivity index (χ4n) is 3.21. The van der Waals surface area contributed by atoms with Gasteiger partial charge in [0.05, 0.1) is 5.69 Å². The number of barbiturate groups is 1. The van der Waals surface area contributed by atoms with Crippen LogP contribution in [0.5, 0.6) is 5.75 Å². The zero-order valence-electron chi connectivity index (χ0n) is 17.2. The highest BCUT2D eigenvalue weighted by atomic mass is 127. The molecule has 0 aromatic heterocycles. The Bertz CT molecular complexity index is 1220. The van der Waals surface area contributed by atoms with E-state index >= 15 is 0 Å². The van der Waals surface area contributed by atoms with Gasteiger partial charge in [-0.2, -0.15) is 0 Å². The normalized spacial score (nSPS) is 15.1. The average Bonchev–Trinajstić information content (AvgIpc) is 2.78. The number of halogens is 1. The van der Waals surface area contributed by atoms with Crippen LogP contribution < -0.4 is 15.0 Å². The second-order valence-electron chi connectivity index (χ2n) is 7.25. The van der Waals surface area contributed by atoms with Crippen LogP contribution in [-0.2, 0) is 16.2 Å². The number of aryl methyl sites for hydroxylation is 1. The summed E-state index contributed by atoms with van der Waals surface area (Å²) in [5, 5.41) is 2.24. The maximum atomic E-state index is 13.1. The number of hydrogen-bond donors (Lipinski definition) is 1. The van der Waals surface area contributed by atoms with Gasteiger partial charge < -0.3 is 4.74 Å². The van der Waals surface area contributed by atoms with Crippen molar-refractivity contribution in [1.82, 2.24) is 5.32 Å². The van der Waals surface area contributed by atoms with Crippen molar-refractivity contribution in [3.8, 4) is 5.75 Å². The zero-order valence-corrected chi connectivity index (χ0v) is 19.3. The van der Waals surface area contributed by atoms with Crippen LogP contribution in [0.4, 0.5) is 10.5 Å². The number of imide groups is 2. The summed E-state index contributed by atoms with van der Waals surface area (Å²) in [5.41, 5.74) is 2.80. The zero-order chi connectivity index (χ0) is 22.7. The van der Waals surface area contributed by atoms with Gasteiger partial charge in [-0.3, -0.25) is 14.9 Å². The Morgan fingerprint density at radius 3 is 2.34 bits per heavy atom. The highest BCUT2D eigenvalue weighted by Crippen LogP contribution is 2.26. The number of amides is 4. The van der Waals surface area contributed by atoms with Gasteiger partial charge in [0.25, 0.3) is 11.8 Å². The third kappa shape index (κ3) is 4.72. The number of anilines is 1. The molecule has 0 saturated carbocycles. The molecule has 4 amide bonds. The summed E-state index contributed by atoms with van der Waals surface area (Å²) in [4.78, 5) is 38.9. The Balaban J connectivity index is 1.62. The summed E-state index contributed by atoms with van der Waals surface area (Å²) < 4.78 is 7.08. The van der Waals surface area contributed by atoms with Crippen LogP contribution in [0.25, 0.3) is 6.08 Å². The summed E-state index contributed by atoms with van der Waals surface area (Å²) >= 11 is 2.24. The highest BCUT2D eigenvalue weighted by molar-refractivity contribution is 14.1. The van der Waals surface area contributed by atoms with E-state index in [-0.39, 0.29) is 5.57 Å². The van der Waals surface area contributed by atoms with Gasteiger partial charge in [0, 0.05) is 9.13 Å². The first-order chi connectivity index (χ1) is 15.4. The molecular formula is C25H19IN2O4. The van der Waals surface area contributed by atoms with Crippen molar-refractivity contribution < 1.29 is 19.1 Å². The molecule has 0 atom stereocenters. The SMILES string of the molecule is Cc1ccc(N2C(=O)NC(=O)/C(=C\c3ccccc3OCc3ccc(I)cc3)C2=O)cc1. The molecule has 1 saturated heterocycles. The minimum atomic E-state index is -0.774. The first-order valence-corrected chi connectivity index (χ1v) is 10.9. The molecule has 1 heterocycles. The van der Waals surface area contributed by atoms with Gasteiger partial charge in [0.2, 0.25) is 0 Å². The predicted molar refractivity (Wildman–Crippen MR) is 130 cm³/mol. The minimum Gasteiger partial charge on any atom is -0.488 e. The molecule has 1 aliphatic heterocycles. The van der Waals surface area contributed by atoms with E-state index in [4.69, 9.17) is 4.74 Å². The lowest BCUT2D eigenvalue weighted by atomic mass is 10.1. The maximum absolute atomic E-state index is 13.1. The standard InChI is InChI=1S/C25H19IN2O4/c1-16-6-12-20(13-7-16)28-24(30)21(23(29)27-25(28)31)14-18-4-2-3-5-22(18)32-15-17-8-10-19(26)11-9-17/h2-14H,15H2,1H3,(H,27,29,31)/b21-14+. The van der Waals surface area contributed by atoms with Crippen molar-refractivity contribution in [2.45, 2.75) is 13.5 Å². The van der Waals surface area contributed by atoms with E-state index < -0.39 is 17.8 Å². The Hall–Kier alpha value is -3.46. The number of ether oxygens (including phenoxy) is 1. The second kappa shape index (κ2) is 9.35. The third-order valence-corrected chi connectivity index (χ3v) is 5.64. The highest BCUT2D eigenvalue weighted by Gasteiger charge is 2.36. The molecule has 7 heteroatoms. The lowest BCUT2D eigenvalue weighted by Gasteiger charge is -2.26. The molecule has 1 N–H and O–H groups in total. The predicted octanol–water partition coefficient (Wildman–Crippen LogP) is 4.85. The Morgan fingerprint density at radius 2 is 1.62 bits per heavy atom. The molecule has 1 fully saturated rings. The van der Waals surface area contributed by atoms with E-state index in [2.05, 4.69) is 27.9 Å². The molecule has 0 aliphatic carbocycles. The van der Waals surface area contributed by atoms with Crippen LogP contribution in [0.2, 0.25) is 0 Å². The number of nitrogens with zero attached hydrogens (tertiary/aromatic N) is 1. The smallest absolute Gasteiger partial charge is 0.335 e. The largest absolute Gasteiger partial charge is 0.488 e. The van der Waals surface area contributed by atoms with Crippen LogP contribution in [0.3, 0.4) is 0 Å². The molecule has 0 radical (unpaired) electrons. The monoisotopic (exact) mass is 538 g/mol. The van der Waals surface area contributed by atoms with Gasteiger partial charge in [-0.25, -0.2) is 9.69 Å². The van der Waals surface area contributed by atoms with Gasteiger partial charge in [-0.15, -0.1) is 0 Å². The molecule has 160 valence electrons.